The molecule has 0 aliphatic rings. The molecular weight excluding hydrogens is 292 g/mol. The van der Waals surface area contributed by atoms with Crippen molar-refractivity contribution in [1.29, 1.82) is 0 Å². The zero-order valence-electron chi connectivity index (χ0n) is 9.78. The summed E-state index contributed by atoms with van der Waals surface area (Å²) in [6.07, 6.45) is 1.31. The van der Waals surface area contributed by atoms with Gasteiger partial charge in [-0.2, -0.15) is 0 Å². The molecule has 1 aromatic heterocycles. The largest absolute Gasteiger partial charge is 0.494 e. The number of hydrogen-bond acceptors (Lipinski definition) is 3. The van der Waals surface area contributed by atoms with Crippen LogP contribution in [0.3, 0.4) is 0 Å². The third-order valence-electron chi connectivity index (χ3n) is 2.44. The summed E-state index contributed by atoms with van der Waals surface area (Å²) in [7, 11) is 1.34. The lowest BCUT2D eigenvalue weighted by molar-refractivity contribution is 0.103. The minimum atomic E-state index is -0.626. The third kappa shape index (κ3) is 2.85. The number of nitrogens with zero attached hydrogens (tertiary/aromatic N) is 1. The van der Waals surface area contributed by atoms with Crippen LogP contribution in [0.2, 0.25) is 10.0 Å². The van der Waals surface area contributed by atoms with E-state index in [0.29, 0.717) is 5.02 Å². The lowest BCUT2D eigenvalue weighted by Gasteiger charge is -2.05. The Labute approximate surface area is 118 Å². The number of benzene rings is 1. The number of carbonyl (C=O) groups is 1. The Bertz CT molecular complexity index is 647. The Morgan fingerprint density at radius 3 is 2.63 bits per heavy atom. The molecule has 0 atom stereocenters. The lowest BCUT2D eigenvalue weighted by atomic mass is 10.1. The normalized spacial score (nSPS) is 10.3. The van der Waals surface area contributed by atoms with E-state index in [-0.39, 0.29) is 22.0 Å². The lowest BCUT2D eigenvalue weighted by Crippen LogP contribution is -2.05. The van der Waals surface area contributed by atoms with Gasteiger partial charge in [-0.25, -0.2) is 9.37 Å². The minimum Gasteiger partial charge on any atom is -0.494 e. The van der Waals surface area contributed by atoms with Crippen LogP contribution in [-0.2, 0) is 0 Å². The summed E-state index contributed by atoms with van der Waals surface area (Å²) in [5.74, 6) is -1.05. The van der Waals surface area contributed by atoms with Gasteiger partial charge in [-0.15, -0.1) is 0 Å². The van der Waals surface area contributed by atoms with Crippen LogP contribution < -0.4 is 4.74 Å². The quantitative estimate of drug-likeness (QED) is 0.810. The summed E-state index contributed by atoms with van der Waals surface area (Å²) < 4.78 is 18.3. The van der Waals surface area contributed by atoms with E-state index in [0.717, 1.165) is 6.07 Å². The average Bonchev–Trinajstić information content (AvgIpc) is 2.38. The Balaban J connectivity index is 2.41. The molecule has 0 aliphatic heterocycles. The zero-order valence-corrected chi connectivity index (χ0v) is 11.3. The van der Waals surface area contributed by atoms with Gasteiger partial charge in [0, 0.05) is 11.8 Å². The van der Waals surface area contributed by atoms with E-state index < -0.39 is 11.6 Å². The molecular formula is C13H8Cl2FNO2. The molecule has 0 aliphatic carbocycles. The van der Waals surface area contributed by atoms with Crippen molar-refractivity contribution in [2.24, 2.45) is 0 Å². The van der Waals surface area contributed by atoms with Crippen molar-refractivity contribution in [3.63, 3.8) is 0 Å². The fourth-order valence-corrected chi connectivity index (χ4v) is 1.99. The van der Waals surface area contributed by atoms with Crippen LogP contribution >= 0.6 is 23.2 Å². The Morgan fingerprint density at radius 2 is 2.05 bits per heavy atom. The molecule has 0 radical (unpaired) electrons. The standard InChI is InChI=1S/C13H8Cl2FNO2/c1-19-11-3-2-7(4-10(11)16)13(18)12-9(15)5-8(14)6-17-12/h2-6H,1H3. The van der Waals surface area contributed by atoms with E-state index >= 15 is 0 Å². The molecule has 0 amide bonds. The maximum Gasteiger partial charge on any atom is 0.212 e. The Morgan fingerprint density at radius 1 is 1.32 bits per heavy atom. The van der Waals surface area contributed by atoms with E-state index in [2.05, 4.69) is 4.98 Å². The van der Waals surface area contributed by atoms with Crippen molar-refractivity contribution in [2.45, 2.75) is 0 Å². The summed E-state index contributed by atoms with van der Waals surface area (Å²) in [6, 6.07) is 5.29. The van der Waals surface area contributed by atoms with E-state index in [4.69, 9.17) is 27.9 Å². The van der Waals surface area contributed by atoms with Crippen LogP contribution in [0.25, 0.3) is 0 Å². The molecule has 0 bridgehead atoms. The van der Waals surface area contributed by atoms with Gasteiger partial charge >= 0.3 is 0 Å². The number of halogens is 3. The van der Waals surface area contributed by atoms with Crippen LogP contribution in [0.5, 0.6) is 5.75 Å². The summed E-state index contributed by atoms with van der Waals surface area (Å²) in [5.41, 5.74) is 0.158. The summed E-state index contributed by atoms with van der Waals surface area (Å²) in [5, 5.41) is 0.441. The highest BCUT2D eigenvalue weighted by Gasteiger charge is 2.16. The van der Waals surface area contributed by atoms with Crippen LogP contribution in [0.4, 0.5) is 4.39 Å². The van der Waals surface area contributed by atoms with Crippen molar-refractivity contribution in [1.82, 2.24) is 4.98 Å². The smallest absolute Gasteiger partial charge is 0.212 e. The van der Waals surface area contributed by atoms with Gasteiger partial charge in [0.25, 0.3) is 0 Å². The van der Waals surface area contributed by atoms with Crippen LogP contribution in [0.15, 0.2) is 30.5 Å². The molecule has 19 heavy (non-hydrogen) atoms. The molecule has 0 saturated carbocycles. The SMILES string of the molecule is COc1ccc(C(=O)c2ncc(Cl)cc2Cl)cc1F. The molecule has 1 aromatic carbocycles. The van der Waals surface area contributed by atoms with E-state index in [1.54, 1.807) is 0 Å². The maximum absolute atomic E-state index is 13.5. The molecule has 2 rings (SSSR count). The number of pyridine rings is 1. The van der Waals surface area contributed by atoms with Gasteiger partial charge in [-0.1, -0.05) is 23.2 Å². The molecule has 0 saturated heterocycles. The topological polar surface area (TPSA) is 39.2 Å². The van der Waals surface area contributed by atoms with Gasteiger partial charge in [-0.3, -0.25) is 4.79 Å². The molecule has 0 fully saturated rings. The summed E-state index contributed by atoms with van der Waals surface area (Å²) in [6.45, 7) is 0. The highest BCUT2D eigenvalue weighted by molar-refractivity contribution is 6.37. The molecule has 3 nitrogen and oxygen atoms in total. The van der Waals surface area contributed by atoms with Crippen molar-refractivity contribution in [3.8, 4) is 5.75 Å². The van der Waals surface area contributed by atoms with E-state index in [9.17, 15) is 9.18 Å². The second-order valence-electron chi connectivity index (χ2n) is 3.66. The first kappa shape index (κ1) is 13.8. The van der Waals surface area contributed by atoms with Crippen molar-refractivity contribution < 1.29 is 13.9 Å². The van der Waals surface area contributed by atoms with Crippen LogP contribution in [0, 0.1) is 5.82 Å². The maximum atomic E-state index is 13.5. The first-order chi connectivity index (χ1) is 9.02. The Hall–Kier alpha value is -1.65. The molecule has 1 heterocycles. The van der Waals surface area contributed by atoms with Gasteiger partial charge in [0.1, 0.15) is 5.69 Å². The minimum absolute atomic E-state index is 0.0237. The molecule has 2 aromatic rings. The van der Waals surface area contributed by atoms with Gasteiger partial charge in [-0.05, 0) is 24.3 Å². The molecule has 0 spiro atoms. The second kappa shape index (κ2) is 5.55. The van der Waals surface area contributed by atoms with Crippen molar-refractivity contribution in [2.75, 3.05) is 7.11 Å². The molecule has 98 valence electrons. The summed E-state index contributed by atoms with van der Waals surface area (Å²) >= 11 is 11.6. The number of ketones is 1. The van der Waals surface area contributed by atoms with Crippen molar-refractivity contribution >= 4 is 29.0 Å². The number of carbonyl (C=O) groups excluding carboxylic acids is 1. The highest BCUT2D eigenvalue weighted by Crippen LogP contribution is 2.23. The van der Waals surface area contributed by atoms with E-state index in [1.165, 1.54) is 31.5 Å². The fraction of sp³-hybridized carbons (Fsp3) is 0.0769. The number of rotatable bonds is 3. The van der Waals surface area contributed by atoms with Crippen LogP contribution in [-0.4, -0.2) is 17.9 Å². The number of ether oxygens (including phenoxy) is 1. The Kier molecular flexibility index (Phi) is 4.02. The first-order valence-electron chi connectivity index (χ1n) is 5.22. The second-order valence-corrected chi connectivity index (χ2v) is 4.51. The monoisotopic (exact) mass is 299 g/mol. The summed E-state index contributed by atoms with van der Waals surface area (Å²) in [4.78, 5) is 16.0. The molecule has 0 N–H and O–H groups in total. The molecule has 6 heteroatoms. The zero-order chi connectivity index (χ0) is 14.0. The van der Waals surface area contributed by atoms with Gasteiger partial charge in [0.05, 0.1) is 17.2 Å². The molecule has 0 unspecified atom stereocenters. The predicted molar refractivity (Wildman–Crippen MR) is 70.6 cm³/mol. The van der Waals surface area contributed by atoms with Crippen molar-refractivity contribution in [3.05, 3.63) is 57.6 Å². The number of aromatic nitrogens is 1. The third-order valence-corrected chi connectivity index (χ3v) is 2.93. The predicted octanol–water partition coefficient (Wildman–Crippen LogP) is 3.77. The number of hydrogen-bond donors (Lipinski definition) is 0. The van der Waals surface area contributed by atoms with Gasteiger partial charge in [0.2, 0.25) is 5.78 Å². The van der Waals surface area contributed by atoms with Gasteiger partial charge < -0.3 is 4.74 Å². The first-order valence-corrected chi connectivity index (χ1v) is 5.98. The van der Waals surface area contributed by atoms with E-state index in [1.807, 2.05) is 0 Å². The number of methoxy groups -OCH3 is 1. The average molecular weight is 300 g/mol. The van der Waals surface area contributed by atoms with Gasteiger partial charge in [0.15, 0.2) is 11.6 Å². The van der Waals surface area contributed by atoms with Crippen LogP contribution in [0.1, 0.15) is 16.1 Å². The highest BCUT2D eigenvalue weighted by atomic mass is 35.5. The fourth-order valence-electron chi connectivity index (χ4n) is 1.53.